The molecule has 1 unspecified atom stereocenters. The van der Waals surface area contributed by atoms with E-state index in [9.17, 15) is 0 Å². The van der Waals surface area contributed by atoms with Crippen molar-refractivity contribution in [2.75, 3.05) is 33.5 Å². The van der Waals surface area contributed by atoms with E-state index in [0.29, 0.717) is 6.61 Å². The average Bonchev–Trinajstić information content (AvgIpc) is 2.05. The molecule has 0 spiro atoms. The van der Waals surface area contributed by atoms with Crippen molar-refractivity contribution in [2.24, 2.45) is 0 Å². The fourth-order valence-electron chi connectivity index (χ4n) is 1.32. The van der Waals surface area contributed by atoms with Gasteiger partial charge in [-0.2, -0.15) is 0 Å². The van der Waals surface area contributed by atoms with Gasteiger partial charge >= 0.3 is 0 Å². The van der Waals surface area contributed by atoms with Gasteiger partial charge in [-0.15, -0.1) is 0 Å². The summed E-state index contributed by atoms with van der Waals surface area (Å²) < 4.78 is 16.0. The Hall–Kier alpha value is -0.160. The number of ether oxygens (including phenoxy) is 3. The zero-order valence-electron chi connectivity index (χ0n) is 10.2. The number of methoxy groups -OCH3 is 1. The van der Waals surface area contributed by atoms with Crippen molar-refractivity contribution in [3.8, 4) is 0 Å². The van der Waals surface area contributed by atoms with Gasteiger partial charge in [0.25, 0.3) is 0 Å². The zero-order chi connectivity index (χ0) is 11.3. The number of nitrogens with one attached hydrogen (secondary N) is 1. The highest BCUT2D eigenvalue weighted by Crippen LogP contribution is 2.09. The summed E-state index contributed by atoms with van der Waals surface area (Å²) in [5, 5.41) is 3.41. The Morgan fingerprint density at radius 3 is 2.47 bits per heavy atom. The van der Waals surface area contributed by atoms with Crippen LogP contribution in [0.4, 0.5) is 0 Å². The minimum absolute atomic E-state index is 0.114. The molecule has 1 saturated heterocycles. The van der Waals surface area contributed by atoms with Crippen molar-refractivity contribution in [2.45, 2.75) is 38.5 Å². The lowest BCUT2D eigenvalue weighted by atomic mass is 10.1. The van der Waals surface area contributed by atoms with Crippen LogP contribution in [-0.4, -0.2) is 51.2 Å². The predicted molar refractivity (Wildman–Crippen MR) is 59.1 cm³/mol. The van der Waals surface area contributed by atoms with Crippen LogP contribution in [0.5, 0.6) is 0 Å². The van der Waals surface area contributed by atoms with Crippen LogP contribution in [0.3, 0.4) is 0 Å². The molecule has 1 heterocycles. The van der Waals surface area contributed by atoms with Crippen molar-refractivity contribution in [3.05, 3.63) is 0 Å². The fraction of sp³-hybridized carbons (Fsp3) is 1.00. The molecule has 0 aromatic carbocycles. The first-order chi connectivity index (χ1) is 7.01. The summed E-state index contributed by atoms with van der Waals surface area (Å²) in [5.41, 5.74) is 0.117. The maximum Gasteiger partial charge on any atom is 0.105 e. The number of hydrogen-bond acceptors (Lipinski definition) is 4. The summed E-state index contributed by atoms with van der Waals surface area (Å²) in [5.74, 6) is 0. The van der Waals surface area contributed by atoms with Crippen molar-refractivity contribution < 1.29 is 14.2 Å². The van der Waals surface area contributed by atoms with Gasteiger partial charge in [0, 0.05) is 19.2 Å². The van der Waals surface area contributed by atoms with E-state index in [1.165, 1.54) is 0 Å². The first-order valence-corrected chi connectivity index (χ1v) is 5.48. The van der Waals surface area contributed by atoms with Crippen LogP contribution in [0.2, 0.25) is 0 Å². The largest absolute Gasteiger partial charge is 0.382 e. The van der Waals surface area contributed by atoms with Gasteiger partial charge in [-0.25, -0.2) is 0 Å². The van der Waals surface area contributed by atoms with Gasteiger partial charge in [0.2, 0.25) is 0 Å². The molecule has 0 aromatic heterocycles. The molecule has 90 valence electrons. The van der Waals surface area contributed by atoms with Crippen LogP contribution in [-0.2, 0) is 14.2 Å². The molecule has 1 fully saturated rings. The van der Waals surface area contributed by atoms with Crippen LogP contribution < -0.4 is 5.32 Å². The molecule has 0 saturated carbocycles. The minimum Gasteiger partial charge on any atom is -0.382 e. The predicted octanol–water partition coefficient (Wildman–Crippen LogP) is 0.805. The molecule has 15 heavy (non-hydrogen) atoms. The fourth-order valence-corrected chi connectivity index (χ4v) is 1.32. The topological polar surface area (TPSA) is 39.7 Å². The molecule has 1 atom stereocenters. The van der Waals surface area contributed by atoms with Gasteiger partial charge in [0.15, 0.2) is 0 Å². The van der Waals surface area contributed by atoms with Gasteiger partial charge < -0.3 is 19.5 Å². The van der Waals surface area contributed by atoms with Crippen molar-refractivity contribution >= 4 is 0 Å². The number of hydrogen-bond donors (Lipinski definition) is 1. The van der Waals surface area contributed by atoms with E-state index in [2.05, 4.69) is 26.1 Å². The molecule has 1 N–H and O–H groups in total. The van der Waals surface area contributed by atoms with Gasteiger partial charge in [-0.05, 0) is 20.8 Å². The Balaban J connectivity index is 2.22. The first kappa shape index (κ1) is 12.9. The molecule has 4 heteroatoms. The van der Waals surface area contributed by atoms with Crippen LogP contribution >= 0.6 is 0 Å². The normalized spacial score (nSPS) is 20.0. The lowest BCUT2D eigenvalue weighted by molar-refractivity contribution is -0.163. The molecular formula is C11H23NO3. The molecule has 0 aliphatic carbocycles. The smallest absolute Gasteiger partial charge is 0.105 e. The third-order valence-electron chi connectivity index (χ3n) is 2.21. The van der Waals surface area contributed by atoms with E-state index in [1.54, 1.807) is 7.11 Å². The van der Waals surface area contributed by atoms with Crippen molar-refractivity contribution in [1.82, 2.24) is 5.32 Å². The van der Waals surface area contributed by atoms with E-state index < -0.39 is 0 Å². The van der Waals surface area contributed by atoms with Gasteiger partial charge in [-0.3, -0.25) is 0 Å². The highest BCUT2D eigenvalue weighted by Gasteiger charge is 2.24. The van der Waals surface area contributed by atoms with Gasteiger partial charge in [0.05, 0.1) is 25.9 Å². The van der Waals surface area contributed by atoms with E-state index in [0.717, 1.165) is 19.8 Å². The SMILES string of the molecule is COCC(CNC(C)(C)C)OC1COC1. The molecule has 1 aliphatic rings. The Labute approximate surface area is 92.3 Å². The van der Waals surface area contributed by atoms with Crippen molar-refractivity contribution in [3.63, 3.8) is 0 Å². The zero-order valence-corrected chi connectivity index (χ0v) is 10.2. The highest BCUT2D eigenvalue weighted by molar-refractivity contribution is 4.75. The minimum atomic E-state index is 0.114. The Morgan fingerprint density at radius 1 is 1.40 bits per heavy atom. The molecule has 0 bridgehead atoms. The third-order valence-corrected chi connectivity index (χ3v) is 2.21. The average molecular weight is 217 g/mol. The van der Waals surface area contributed by atoms with Crippen LogP contribution in [0, 0.1) is 0 Å². The quantitative estimate of drug-likeness (QED) is 0.714. The summed E-state index contributed by atoms with van der Waals surface area (Å²) in [6.07, 6.45) is 0.370. The van der Waals surface area contributed by atoms with Crippen molar-refractivity contribution in [1.29, 1.82) is 0 Å². The van der Waals surface area contributed by atoms with E-state index in [1.807, 2.05) is 0 Å². The van der Waals surface area contributed by atoms with Crippen LogP contribution in [0.1, 0.15) is 20.8 Å². The molecule has 1 rings (SSSR count). The number of rotatable bonds is 6. The van der Waals surface area contributed by atoms with E-state index >= 15 is 0 Å². The Kier molecular flexibility index (Phi) is 4.99. The van der Waals surface area contributed by atoms with Gasteiger partial charge in [-0.1, -0.05) is 0 Å². The maximum atomic E-state index is 5.81. The summed E-state index contributed by atoms with van der Waals surface area (Å²) >= 11 is 0. The second-order valence-corrected chi connectivity index (χ2v) is 5.00. The lowest BCUT2D eigenvalue weighted by Crippen LogP contribution is -2.47. The Bertz CT molecular complexity index is 175. The summed E-state index contributed by atoms with van der Waals surface area (Å²) in [6, 6.07) is 0. The standard InChI is InChI=1S/C11H23NO3/c1-11(2,3)12-5-9(6-13-4)15-10-7-14-8-10/h9-10,12H,5-8H2,1-4H3. The highest BCUT2D eigenvalue weighted by atomic mass is 16.6. The van der Waals surface area contributed by atoms with E-state index in [-0.39, 0.29) is 17.7 Å². The molecule has 4 nitrogen and oxygen atoms in total. The summed E-state index contributed by atoms with van der Waals surface area (Å²) in [6.45, 7) is 9.30. The third kappa shape index (κ3) is 5.47. The second-order valence-electron chi connectivity index (χ2n) is 5.00. The Morgan fingerprint density at radius 2 is 2.07 bits per heavy atom. The maximum absolute atomic E-state index is 5.81. The molecule has 0 radical (unpaired) electrons. The van der Waals surface area contributed by atoms with Crippen LogP contribution in [0.15, 0.2) is 0 Å². The molecular weight excluding hydrogens is 194 g/mol. The van der Waals surface area contributed by atoms with E-state index in [4.69, 9.17) is 14.2 Å². The summed E-state index contributed by atoms with van der Waals surface area (Å²) in [7, 11) is 1.70. The monoisotopic (exact) mass is 217 g/mol. The molecule has 1 aliphatic heterocycles. The summed E-state index contributed by atoms with van der Waals surface area (Å²) in [4.78, 5) is 0. The molecule has 0 aromatic rings. The first-order valence-electron chi connectivity index (χ1n) is 5.48. The molecule has 0 amide bonds. The van der Waals surface area contributed by atoms with Crippen LogP contribution in [0.25, 0.3) is 0 Å². The van der Waals surface area contributed by atoms with Gasteiger partial charge in [0.1, 0.15) is 6.10 Å². The second kappa shape index (κ2) is 5.80. The lowest BCUT2D eigenvalue weighted by Gasteiger charge is -2.32.